The smallest absolute Gasteiger partial charge is 0.0641 e. The first-order chi connectivity index (χ1) is 7.91. The van der Waals surface area contributed by atoms with Crippen molar-refractivity contribution < 1.29 is 0 Å². The fourth-order valence-electron chi connectivity index (χ4n) is 1.81. The van der Waals surface area contributed by atoms with E-state index < -0.39 is 0 Å². The van der Waals surface area contributed by atoms with Crippen LogP contribution in [0.25, 0.3) is 0 Å². The van der Waals surface area contributed by atoms with Crippen molar-refractivity contribution in [2.24, 2.45) is 0 Å². The third kappa shape index (κ3) is 4.13. The van der Waals surface area contributed by atoms with E-state index in [0.29, 0.717) is 6.04 Å². The molecule has 17 heavy (non-hydrogen) atoms. The molecule has 4 nitrogen and oxygen atoms in total. The molecular formula is C13H26N4. The summed E-state index contributed by atoms with van der Waals surface area (Å²) < 4.78 is 2.12. The van der Waals surface area contributed by atoms with Gasteiger partial charge < -0.3 is 10.2 Å². The molecule has 0 aliphatic rings. The van der Waals surface area contributed by atoms with E-state index in [-0.39, 0.29) is 0 Å². The lowest BCUT2D eigenvalue weighted by Gasteiger charge is -2.11. The summed E-state index contributed by atoms with van der Waals surface area (Å²) in [4.78, 5) is 2.18. The van der Waals surface area contributed by atoms with Gasteiger partial charge in [0.1, 0.15) is 0 Å². The lowest BCUT2D eigenvalue weighted by atomic mass is 10.2. The molecule has 1 aromatic rings. The summed E-state index contributed by atoms with van der Waals surface area (Å²) in [6, 6.07) is 0.513. The lowest BCUT2D eigenvalue weighted by Crippen LogP contribution is -2.23. The van der Waals surface area contributed by atoms with E-state index in [1.807, 2.05) is 0 Å². The third-order valence-corrected chi connectivity index (χ3v) is 2.98. The molecular weight excluding hydrogens is 212 g/mol. The number of nitrogens with zero attached hydrogens (tertiary/aromatic N) is 3. The van der Waals surface area contributed by atoms with Crippen molar-refractivity contribution in [3.05, 3.63) is 17.0 Å². The highest BCUT2D eigenvalue weighted by molar-refractivity contribution is 5.24. The topological polar surface area (TPSA) is 33.1 Å². The van der Waals surface area contributed by atoms with Crippen LogP contribution in [0.3, 0.4) is 0 Å². The van der Waals surface area contributed by atoms with Crippen LogP contribution in [0.15, 0.2) is 0 Å². The molecule has 0 aliphatic heterocycles. The van der Waals surface area contributed by atoms with Crippen molar-refractivity contribution >= 4 is 0 Å². The van der Waals surface area contributed by atoms with Crippen molar-refractivity contribution in [2.45, 2.75) is 46.8 Å². The highest BCUT2D eigenvalue weighted by Gasteiger charge is 2.11. The van der Waals surface area contributed by atoms with Crippen LogP contribution in [0.1, 0.15) is 30.8 Å². The van der Waals surface area contributed by atoms with E-state index in [1.54, 1.807) is 0 Å². The minimum atomic E-state index is 0.513. The molecule has 0 amide bonds. The molecule has 0 saturated carbocycles. The maximum absolute atomic E-state index is 4.61. The van der Waals surface area contributed by atoms with Crippen LogP contribution in [-0.4, -0.2) is 41.4 Å². The van der Waals surface area contributed by atoms with Gasteiger partial charge in [-0.2, -0.15) is 5.10 Å². The summed E-state index contributed by atoms with van der Waals surface area (Å²) in [6.07, 6.45) is 0. The second-order valence-electron chi connectivity index (χ2n) is 5.21. The molecule has 0 saturated heterocycles. The van der Waals surface area contributed by atoms with Gasteiger partial charge in [0.25, 0.3) is 0 Å². The number of hydrogen-bond acceptors (Lipinski definition) is 3. The van der Waals surface area contributed by atoms with Gasteiger partial charge in [0, 0.05) is 30.4 Å². The van der Waals surface area contributed by atoms with E-state index in [2.05, 4.69) is 61.8 Å². The average Bonchev–Trinajstić information content (AvgIpc) is 2.48. The maximum Gasteiger partial charge on any atom is 0.0641 e. The van der Waals surface area contributed by atoms with Crippen LogP contribution in [0.5, 0.6) is 0 Å². The molecule has 0 aliphatic carbocycles. The Hall–Kier alpha value is -0.870. The first kappa shape index (κ1) is 14.2. The second-order valence-corrected chi connectivity index (χ2v) is 5.21. The highest BCUT2D eigenvalue weighted by atomic mass is 15.3. The van der Waals surface area contributed by atoms with Gasteiger partial charge >= 0.3 is 0 Å². The second kappa shape index (κ2) is 6.17. The molecule has 0 fully saturated rings. The van der Waals surface area contributed by atoms with Gasteiger partial charge in [-0.25, -0.2) is 0 Å². The molecule has 1 rings (SSSR count). The Morgan fingerprint density at radius 2 is 1.94 bits per heavy atom. The van der Waals surface area contributed by atoms with E-state index in [9.17, 15) is 0 Å². The summed E-state index contributed by atoms with van der Waals surface area (Å²) >= 11 is 0. The van der Waals surface area contributed by atoms with Crippen LogP contribution in [0.2, 0.25) is 0 Å². The fraction of sp³-hybridized carbons (Fsp3) is 0.769. The molecule has 4 heteroatoms. The van der Waals surface area contributed by atoms with Gasteiger partial charge in [0.15, 0.2) is 0 Å². The Labute approximate surface area is 105 Å². The van der Waals surface area contributed by atoms with E-state index >= 15 is 0 Å². The molecule has 0 atom stereocenters. The number of nitrogens with one attached hydrogen (secondary N) is 1. The van der Waals surface area contributed by atoms with E-state index in [4.69, 9.17) is 0 Å². The van der Waals surface area contributed by atoms with E-state index in [1.165, 1.54) is 11.3 Å². The van der Waals surface area contributed by atoms with Gasteiger partial charge in [-0.15, -0.1) is 0 Å². The van der Waals surface area contributed by atoms with Crippen molar-refractivity contribution in [3.63, 3.8) is 0 Å². The Kier molecular flexibility index (Phi) is 5.15. The molecule has 0 radical (unpaired) electrons. The zero-order valence-corrected chi connectivity index (χ0v) is 12.0. The zero-order chi connectivity index (χ0) is 13.0. The van der Waals surface area contributed by atoms with Crippen LogP contribution in [0, 0.1) is 13.8 Å². The predicted octanol–water partition coefficient (Wildman–Crippen LogP) is 1.56. The quantitative estimate of drug-likeness (QED) is 0.816. The van der Waals surface area contributed by atoms with Crippen molar-refractivity contribution in [1.82, 2.24) is 20.0 Å². The fourth-order valence-corrected chi connectivity index (χ4v) is 1.81. The van der Waals surface area contributed by atoms with Gasteiger partial charge in [0.05, 0.1) is 12.2 Å². The van der Waals surface area contributed by atoms with Crippen molar-refractivity contribution in [1.29, 1.82) is 0 Å². The van der Waals surface area contributed by atoms with Gasteiger partial charge in [-0.1, -0.05) is 13.8 Å². The van der Waals surface area contributed by atoms with Crippen LogP contribution in [-0.2, 0) is 13.1 Å². The third-order valence-electron chi connectivity index (χ3n) is 2.98. The molecule has 0 bridgehead atoms. The van der Waals surface area contributed by atoms with Gasteiger partial charge in [0.2, 0.25) is 0 Å². The molecule has 0 spiro atoms. The molecule has 98 valence electrons. The normalized spacial score (nSPS) is 11.8. The Balaban J connectivity index is 2.71. The summed E-state index contributed by atoms with van der Waals surface area (Å²) in [5, 5.41) is 8.07. The zero-order valence-electron chi connectivity index (χ0n) is 12.0. The van der Waals surface area contributed by atoms with Gasteiger partial charge in [-0.05, 0) is 27.9 Å². The summed E-state index contributed by atoms with van der Waals surface area (Å²) in [7, 11) is 4.18. The standard InChI is InChI=1S/C13H26N4/c1-10(2)14-9-13-11(3)15-17(12(13)4)8-7-16(5)6/h10,14H,7-9H2,1-6H3. The number of hydrogen-bond donors (Lipinski definition) is 1. The SMILES string of the molecule is Cc1nn(CCN(C)C)c(C)c1CNC(C)C. The number of rotatable bonds is 6. The highest BCUT2D eigenvalue weighted by Crippen LogP contribution is 2.12. The Morgan fingerprint density at radius 1 is 1.29 bits per heavy atom. The minimum absolute atomic E-state index is 0.513. The molecule has 1 N–H and O–H groups in total. The summed E-state index contributed by atoms with van der Waals surface area (Å²) in [5.74, 6) is 0. The molecule has 1 aromatic heterocycles. The number of aromatic nitrogens is 2. The van der Waals surface area contributed by atoms with Gasteiger partial charge in [-0.3, -0.25) is 4.68 Å². The Bertz CT molecular complexity index is 353. The summed E-state index contributed by atoms with van der Waals surface area (Å²) in [6.45, 7) is 11.5. The predicted molar refractivity (Wildman–Crippen MR) is 72.2 cm³/mol. The maximum atomic E-state index is 4.61. The first-order valence-corrected chi connectivity index (χ1v) is 6.32. The largest absolute Gasteiger partial charge is 0.310 e. The molecule has 1 heterocycles. The van der Waals surface area contributed by atoms with Crippen molar-refractivity contribution in [2.75, 3.05) is 20.6 Å². The Morgan fingerprint density at radius 3 is 2.47 bits per heavy atom. The first-order valence-electron chi connectivity index (χ1n) is 6.32. The molecule has 0 aromatic carbocycles. The van der Waals surface area contributed by atoms with Crippen LogP contribution in [0.4, 0.5) is 0 Å². The summed E-state index contributed by atoms with van der Waals surface area (Å²) in [5.41, 5.74) is 3.78. The lowest BCUT2D eigenvalue weighted by molar-refractivity contribution is 0.370. The molecule has 0 unspecified atom stereocenters. The monoisotopic (exact) mass is 238 g/mol. The van der Waals surface area contributed by atoms with Crippen LogP contribution >= 0.6 is 0 Å². The minimum Gasteiger partial charge on any atom is -0.310 e. The number of likely N-dealkylation sites (N-methyl/N-ethyl adjacent to an activating group) is 1. The van der Waals surface area contributed by atoms with Crippen LogP contribution < -0.4 is 5.32 Å². The van der Waals surface area contributed by atoms with Crippen molar-refractivity contribution in [3.8, 4) is 0 Å². The number of aryl methyl sites for hydroxylation is 1. The van der Waals surface area contributed by atoms with E-state index in [0.717, 1.165) is 25.3 Å². The average molecular weight is 238 g/mol.